The van der Waals surface area contributed by atoms with Crippen molar-refractivity contribution in [1.29, 1.82) is 0 Å². The Bertz CT molecular complexity index is 647. The van der Waals surface area contributed by atoms with Crippen molar-refractivity contribution in [1.82, 2.24) is 10.5 Å². The largest absolute Gasteiger partial charge is 0.361 e. The van der Waals surface area contributed by atoms with E-state index in [9.17, 15) is 0 Å². The van der Waals surface area contributed by atoms with Crippen LogP contribution < -0.4 is 5.32 Å². The molecular weight excluding hydrogens is 288 g/mol. The molecule has 1 aromatic rings. The van der Waals surface area contributed by atoms with Gasteiger partial charge in [0.15, 0.2) is 0 Å². The number of allylic oxidation sites excluding steroid dienone is 1. The van der Waals surface area contributed by atoms with Gasteiger partial charge in [-0.15, -0.1) is 0 Å². The van der Waals surface area contributed by atoms with Crippen LogP contribution in [0.25, 0.3) is 5.57 Å². The lowest BCUT2D eigenvalue weighted by Crippen LogP contribution is -2.32. The van der Waals surface area contributed by atoms with E-state index in [4.69, 9.17) is 4.52 Å². The van der Waals surface area contributed by atoms with Crippen LogP contribution in [0.15, 0.2) is 20.6 Å². The summed E-state index contributed by atoms with van der Waals surface area (Å²) < 4.78 is 5.32. The normalized spacial score (nSPS) is 32.9. The zero-order valence-electron chi connectivity index (χ0n) is 13.8. The van der Waals surface area contributed by atoms with Crippen LogP contribution in [0, 0.1) is 31.6 Å². The van der Waals surface area contributed by atoms with Crippen molar-refractivity contribution in [2.45, 2.75) is 39.3 Å². The Morgan fingerprint density at radius 3 is 2.96 bits per heavy atom. The van der Waals surface area contributed by atoms with Crippen LogP contribution in [0.4, 0.5) is 0 Å². The number of hydrogen-bond donors (Lipinski definition) is 1. The zero-order valence-corrected chi connectivity index (χ0v) is 13.8. The Morgan fingerprint density at radius 1 is 1.30 bits per heavy atom. The number of aliphatic imine (C=N–C) groups is 2. The summed E-state index contributed by atoms with van der Waals surface area (Å²) in [7, 11) is 0. The second-order valence-electron chi connectivity index (χ2n) is 7.00. The third-order valence-electron chi connectivity index (χ3n) is 5.33. The molecule has 4 atom stereocenters. The fourth-order valence-electron chi connectivity index (χ4n) is 4.14. The topological polar surface area (TPSA) is 62.8 Å². The highest BCUT2D eigenvalue weighted by Gasteiger charge is 2.35. The third-order valence-corrected chi connectivity index (χ3v) is 5.33. The molecule has 0 amide bonds. The average Bonchev–Trinajstić information content (AvgIpc) is 3.12. The number of hydrogen-bond acceptors (Lipinski definition) is 5. The first-order valence-electron chi connectivity index (χ1n) is 8.64. The number of aromatic nitrogens is 1. The van der Waals surface area contributed by atoms with E-state index in [-0.39, 0.29) is 6.17 Å². The van der Waals surface area contributed by atoms with E-state index in [2.05, 4.69) is 32.7 Å². The summed E-state index contributed by atoms with van der Waals surface area (Å²) in [6, 6.07) is 0. The lowest BCUT2D eigenvalue weighted by Gasteiger charge is -2.28. The highest BCUT2D eigenvalue weighted by atomic mass is 16.5. The van der Waals surface area contributed by atoms with Crippen LogP contribution in [0.3, 0.4) is 0 Å². The first kappa shape index (κ1) is 14.8. The maximum atomic E-state index is 5.32. The lowest BCUT2D eigenvalue weighted by molar-refractivity contribution is 0.306. The summed E-state index contributed by atoms with van der Waals surface area (Å²) in [5.41, 5.74) is 3.17. The Balaban J connectivity index is 1.54. The van der Waals surface area contributed by atoms with Gasteiger partial charge in [-0.2, -0.15) is 0 Å². The summed E-state index contributed by atoms with van der Waals surface area (Å²) in [6.07, 6.45) is 10.3. The van der Waals surface area contributed by atoms with Crippen molar-refractivity contribution in [2.75, 3.05) is 13.1 Å². The molecule has 1 aromatic heterocycles. The summed E-state index contributed by atoms with van der Waals surface area (Å²) in [5, 5.41) is 7.59. The van der Waals surface area contributed by atoms with Crippen molar-refractivity contribution >= 4 is 18.0 Å². The summed E-state index contributed by atoms with van der Waals surface area (Å²) in [4.78, 5) is 9.32. The molecular formula is C18H24N4O. The summed E-state index contributed by atoms with van der Waals surface area (Å²) in [5.74, 6) is 2.51. The molecule has 5 heteroatoms. The van der Waals surface area contributed by atoms with Gasteiger partial charge in [0.2, 0.25) is 0 Å². The molecule has 0 saturated carbocycles. The van der Waals surface area contributed by atoms with Gasteiger partial charge in [0, 0.05) is 35.4 Å². The molecule has 122 valence electrons. The van der Waals surface area contributed by atoms with Crippen LogP contribution in [0.1, 0.15) is 36.3 Å². The van der Waals surface area contributed by atoms with E-state index in [1.807, 2.05) is 20.1 Å². The van der Waals surface area contributed by atoms with Gasteiger partial charge in [-0.05, 0) is 52.1 Å². The van der Waals surface area contributed by atoms with E-state index in [1.165, 1.54) is 25.8 Å². The van der Waals surface area contributed by atoms with Gasteiger partial charge in [-0.25, -0.2) is 0 Å². The molecule has 4 heterocycles. The molecule has 23 heavy (non-hydrogen) atoms. The van der Waals surface area contributed by atoms with Crippen molar-refractivity contribution in [2.24, 2.45) is 27.7 Å². The van der Waals surface area contributed by atoms with E-state index in [1.54, 1.807) is 0 Å². The standard InChI is InChI=1S/C18H24N4O/c1-11-17(12(2)23-22-11)15-7-16-14(9-20-18(16)21-10-15)6-13-4-3-5-19-8-13/h7,9-10,13-14,16,18-19H,3-6,8H2,1-2H3. The van der Waals surface area contributed by atoms with Crippen LogP contribution in [-0.4, -0.2) is 36.8 Å². The molecule has 0 aromatic carbocycles. The van der Waals surface area contributed by atoms with Crippen LogP contribution in [0.2, 0.25) is 0 Å². The van der Waals surface area contributed by atoms with Crippen LogP contribution in [-0.2, 0) is 0 Å². The monoisotopic (exact) mass is 312 g/mol. The fraction of sp³-hybridized carbons (Fsp3) is 0.611. The number of aryl methyl sites for hydroxylation is 2. The van der Waals surface area contributed by atoms with E-state index in [0.717, 1.165) is 35.1 Å². The van der Waals surface area contributed by atoms with Gasteiger partial charge in [0.05, 0.1) is 5.69 Å². The maximum absolute atomic E-state index is 5.32. The molecule has 3 aliphatic rings. The number of dihydropyridines is 1. The molecule has 5 nitrogen and oxygen atoms in total. The van der Waals surface area contributed by atoms with Gasteiger partial charge in [0.25, 0.3) is 0 Å². The number of piperidine rings is 1. The first-order valence-corrected chi connectivity index (χ1v) is 8.64. The Labute approximate surface area is 137 Å². The van der Waals surface area contributed by atoms with Crippen LogP contribution in [0.5, 0.6) is 0 Å². The van der Waals surface area contributed by atoms with Crippen molar-refractivity contribution in [3.8, 4) is 0 Å². The minimum Gasteiger partial charge on any atom is -0.361 e. The molecule has 4 unspecified atom stereocenters. The smallest absolute Gasteiger partial charge is 0.146 e. The predicted molar refractivity (Wildman–Crippen MR) is 91.9 cm³/mol. The molecule has 4 rings (SSSR count). The van der Waals surface area contributed by atoms with Crippen molar-refractivity contribution in [3.63, 3.8) is 0 Å². The SMILES string of the molecule is Cc1noc(C)c1C1=CC2C(CC3CCCNC3)C=NC2N=C1. The van der Waals surface area contributed by atoms with Gasteiger partial charge in [-0.3, -0.25) is 9.98 Å². The second kappa shape index (κ2) is 6.04. The molecule has 0 radical (unpaired) electrons. The maximum Gasteiger partial charge on any atom is 0.146 e. The number of nitrogens with one attached hydrogen (secondary N) is 1. The van der Waals surface area contributed by atoms with Crippen LogP contribution >= 0.6 is 0 Å². The first-order chi connectivity index (χ1) is 11.2. The Hall–Kier alpha value is -1.75. The molecule has 0 bridgehead atoms. The fourth-order valence-corrected chi connectivity index (χ4v) is 4.14. The molecule has 0 spiro atoms. The highest BCUT2D eigenvalue weighted by molar-refractivity contribution is 6.11. The quantitative estimate of drug-likeness (QED) is 0.933. The van der Waals surface area contributed by atoms with Crippen molar-refractivity contribution in [3.05, 3.63) is 23.1 Å². The average molecular weight is 312 g/mol. The van der Waals surface area contributed by atoms with Crippen molar-refractivity contribution < 1.29 is 4.52 Å². The number of nitrogens with zero attached hydrogens (tertiary/aromatic N) is 3. The zero-order chi connectivity index (χ0) is 15.8. The molecule has 1 fully saturated rings. The molecule has 1 saturated heterocycles. The van der Waals surface area contributed by atoms with Gasteiger partial charge < -0.3 is 9.84 Å². The number of rotatable bonds is 3. The highest BCUT2D eigenvalue weighted by Crippen LogP contribution is 2.37. The molecule has 3 aliphatic heterocycles. The summed E-state index contributed by atoms with van der Waals surface area (Å²) >= 11 is 0. The minimum atomic E-state index is 0.0702. The van der Waals surface area contributed by atoms with Gasteiger partial charge in [-0.1, -0.05) is 11.2 Å². The second-order valence-corrected chi connectivity index (χ2v) is 7.00. The lowest BCUT2D eigenvalue weighted by atomic mass is 9.81. The minimum absolute atomic E-state index is 0.0702. The summed E-state index contributed by atoms with van der Waals surface area (Å²) in [6.45, 7) is 6.27. The Kier molecular flexibility index (Phi) is 3.89. The number of fused-ring (bicyclic) bond motifs is 1. The van der Waals surface area contributed by atoms with Gasteiger partial charge in [0.1, 0.15) is 11.9 Å². The third kappa shape index (κ3) is 2.78. The molecule has 0 aliphatic carbocycles. The van der Waals surface area contributed by atoms with E-state index in [0.29, 0.717) is 11.8 Å². The van der Waals surface area contributed by atoms with E-state index >= 15 is 0 Å². The predicted octanol–water partition coefficient (Wildman–Crippen LogP) is 2.79. The van der Waals surface area contributed by atoms with E-state index < -0.39 is 0 Å². The molecule has 1 N–H and O–H groups in total. The van der Waals surface area contributed by atoms with Gasteiger partial charge >= 0.3 is 0 Å². The Morgan fingerprint density at radius 2 is 2.22 bits per heavy atom.